The molecule has 0 aliphatic heterocycles. The van der Waals surface area contributed by atoms with Gasteiger partial charge in [-0.1, -0.05) is 0 Å². The van der Waals surface area contributed by atoms with E-state index >= 15 is 0 Å². The van der Waals surface area contributed by atoms with Crippen LogP contribution in [0.25, 0.3) is 16.6 Å². The molecule has 0 unspecified atom stereocenters. The first-order valence-corrected chi connectivity index (χ1v) is 9.36. The lowest BCUT2D eigenvalue weighted by molar-refractivity contribution is 0.100. The highest BCUT2D eigenvalue weighted by Gasteiger charge is 2.18. The average molecular weight is 405 g/mol. The summed E-state index contributed by atoms with van der Waals surface area (Å²) in [5.74, 6) is -0.0433. The number of nitrogens with zero attached hydrogens (tertiary/aromatic N) is 3. The minimum Gasteiger partial charge on any atom is -0.482 e. The molecular formula is C22H20FN5O2. The van der Waals surface area contributed by atoms with Crippen LogP contribution in [0.5, 0.6) is 5.75 Å². The van der Waals surface area contributed by atoms with Crippen LogP contribution in [0.2, 0.25) is 0 Å². The summed E-state index contributed by atoms with van der Waals surface area (Å²) >= 11 is 0. The summed E-state index contributed by atoms with van der Waals surface area (Å²) in [6.07, 6.45) is 2.95. The lowest BCUT2D eigenvalue weighted by Crippen LogP contribution is -2.16. The topological polar surface area (TPSA) is 109 Å². The second-order valence-electron chi connectivity index (χ2n) is 6.82. The van der Waals surface area contributed by atoms with Crippen molar-refractivity contribution in [3.63, 3.8) is 0 Å². The van der Waals surface area contributed by atoms with Crippen LogP contribution >= 0.6 is 0 Å². The average Bonchev–Trinajstić information content (AvgIpc) is 3.28. The van der Waals surface area contributed by atoms with Crippen LogP contribution in [0, 0.1) is 5.82 Å². The van der Waals surface area contributed by atoms with Crippen LogP contribution < -0.4 is 16.2 Å². The summed E-state index contributed by atoms with van der Waals surface area (Å²) in [7, 11) is 0. The Labute approximate surface area is 172 Å². The number of fused-ring (bicyclic) bond motifs is 1. The summed E-state index contributed by atoms with van der Waals surface area (Å²) < 4.78 is 21.4. The number of aromatic nitrogens is 3. The van der Waals surface area contributed by atoms with Gasteiger partial charge in [-0.25, -0.2) is 14.1 Å². The molecule has 2 aromatic carbocycles. The number of hydrogen-bond donors (Lipinski definition) is 2. The highest BCUT2D eigenvalue weighted by Crippen LogP contribution is 2.32. The fraction of sp³-hybridized carbons (Fsp3) is 0.136. The number of carbonyl (C=O) groups excluding carboxylic acids is 1. The Balaban J connectivity index is 1.75. The lowest BCUT2D eigenvalue weighted by atomic mass is 10.0. The summed E-state index contributed by atoms with van der Waals surface area (Å²) in [6.45, 7) is 1.73. The highest BCUT2D eigenvalue weighted by molar-refractivity contribution is 5.98. The van der Waals surface area contributed by atoms with Gasteiger partial charge in [-0.3, -0.25) is 4.79 Å². The summed E-state index contributed by atoms with van der Waals surface area (Å²) in [5.41, 5.74) is 14.1. The van der Waals surface area contributed by atoms with Crippen molar-refractivity contribution in [2.75, 3.05) is 12.3 Å². The van der Waals surface area contributed by atoms with Gasteiger partial charge in [-0.05, 0) is 55.5 Å². The Morgan fingerprint density at radius 2 is 2.07 bits per heavy atom. The van der Waals surface area contributed by atoms with E-state index in [1.54, 1.807) is 53.5 Å². The number of carbonyl (C=O) groups is 1. The van der Waals surface area contributed by atoms with Gasteiger partial charge >= 0.3 is 0 Å². The van der Waals surface area contributed by atoms with Gasteiger partial charge in [0.25, 0.3) is 0 Å². The summed E-state index contributed by atoms with van der Waals surface area (Å²) in [5, 5.41) is 4.85. The number of rotatable bonds is 6. The Morgan fingerprint density at radius 3 is 2.80 bits per heavy atom. The Kier molecular flexibility index (Phi) is 5.16. The molecule has 0 saturated heterocycles. The van der Waals surface area contributed by atoms with Crippen molar-refractivity contribution in [3.8, 4) is 11.4 Å². The van der Waals surface area contributed by atoms with E-state index in [2.05, 4.69) is 10.1 Å². The molecule has 8 heteroatoms. The molecule has 152 valence electrons. The molecule has 0 aliphatic rings. The predicted octanol–water partition coefficient (Wildman–Crippen LogP) is 3.42. The van der Waals surface area contributed by atoms with Crippen molar-refractivity contribution in [1.82, 2.24) is 14.8 Å². The molecule has 7 nitrogen and oxygen atoms in total. The Bertz CT molecular complexity index is 1220. The van der Waals surface area contributed by atoms with Crippen LogP contribution in [0.15, 0.2) is 60.9 Å². The van der Waals surface area contributed by atoms with E-state index in [0.29, 0.717) is 22.2 Å². The van der Waals surface area contributed by atoms with E-state index in [0.717, 1.165) is 11.3 Å². The van der Waals surface area contributed by atoms with Gasteiger partial charge in [-0.2, -0.15) is 5.10 Å². The highest BCUT2D eigenvalue weighted by atomic mass is 19.1. The van der Waals surface area contributed by atoms with E-state index in [4.69, 9.17) is 16.2 Å². The number of halogens is 1. The third-order valence-corrected chi connectivity index (χ3v) is 4.80. The van der Waals surface area contributed by atoms with Crippen LogP contribution in [-0.4, -0.2) is 27.1 Å². The van der Waals surface area contributed by atoms with E-state index < -0.39 is 6.10 Å². The monoisotopic (exact) mass is 405 g/mol. The molecule has 0 spiro atoms. The van der Waals surface area contributed by atoms with E-state index in [1.807, 2.05) is 6.92 Å². The van der Waals surface area contributed by atoms with Crippen LogP contribution in [0.1, 0.15) is 28.9 Å². The number of hydrogen-bond acceptors (Lipinski definition) is 6. The van der Waals surface area contributed by atoms with Gasteiger partial charge in [-0.15, -0.1) is 0 Å². The van der Waals surface area contributed by atoms with Crippen LogP contribution in [0.3, 0.4) is 0 Å². The first-order chi connectivity index (χ1) is 14.5. The summed E-state index contributed by atoms with van der Waals surface area (Å²) in [6, 6.07) is 12.9. The maximum absolute atomic E-state index is 13.6. The second kappa shape index (κ2) is 7.92. The molecule has 4 aromatic rings. The number of ketones is 1. The van der Waals surface area contributed by atoms with Gasteiger partial charge in [0.1, 0.15) is 11.9 Å². The maximum atomic E-state index is 13.6. The number of nitrogens with two attached hydrogens (primary N) is 2. The van der Waals surface area contributed by atoms with Crippen LogP contribution in [0.4, 0.5) is 10.2 Å². The SMILES string of the molecule is C[C@H](Oc1cc2cc(F)ccc2nc1N)c1cc(C(=O)CN)ccc1-n1cccn1. The molecule has 0 bridgehead atoms. The number of ether oxygens (including phenoxy) is 1. The van der Waals surface area contributed by atoms with Crippen LogP contribution in [-0.2, 0) is 0 Å². The van der Waals surface area contributed by atoms with Gasteiger partial charge in [0, 0.05) is 28.9 Å². The molecule has 4 rings (SSSR count). The molecule has 1 atom stereocenters. The maximum Gasteiger partial charge on any atom is 0.176 e. The number of benzene rings is 2. The number of anilines is 1. The van der Waals surface area contributed by atoms with Crippen molar-refractivity contribution in [3.05, 3.63) is 77.9 Å². The minimum absolute atomic E-state index is 0.0943. The van der Waals surface area contributed by atoms with Gasteiger partial charge < -0.3 is 16.2 Å². The second-order valence-corrected chi connectivity index (χ2v) is 6.82. The number of Topliss-reactive ketones (excluding diaryl/α,β-unsaturated/α-hetero) is 1. The first-order valence-electron chi connectivity index (χ1n) is 9.36. The zero-order valence-corrected chi connectivity index (χ0v) is 16.2. The lowest BCUT2D eigenvalue weighted by Gasteiger charge is -2.20. The molecule has 0 fully saturated rings. The molecule has 0 aliphatic carbocycles. The van der Waals surface area contributed by atoms with E-state index in [1.165, 1.54) is 12.1 Å². The molecule has 0 radical (unpaired) electrons. The van der Waals surface area contributed by atoms with Crippen molar-refractivity contribution < 1.29 is 13.9 Å². The first kappa shape index (κ1) is 19.5. The number of pyridine rings is 1. The zero-order valence-electron chi connectivity index (χ0n) is 16.2. The standard InChI is InChI=1S/C22H20FN5O2/c1-13(30-21-11-15-9-16(23)4-5-18(15)27-22(21)25)17-10-14(20(29)12-24)3-6-19(17)28-8-2-7-26-28/h2-11,13H,12,24H2,1H3,(H2,25,27)/t13-/m0/s1. The fourth-order valence-corrected chi connectivity index (χ4v) is 3.28. The molecular weight excluding hydrogens is 385 g/mol. The van der Waals surface area contributed by atoms with Gasteiger partial charge in [0.05, 0.1) is 17.7 Å². The number of nitrogen functional groups attached to an aromatic ring is 1. The summed E-state index contributed by atoms with van der Waals surface area (Å²) in [4.78, 5) is 16.4. The predicted molar refractivity (Wildman–Crippen MR) is 112 cm³/mol. The third kappa shape index (κ3) is 3.72. The normalized spacial score (nSPS) is 12.1. The minimum atomic E-state index is -0.509. The van der Waals surface area contributed by atoms with E-state index in [-0.39, 0.29) is 24.0 Å². The van der Waals surface area contributed by atoms with Gasteiger partial charge in [0.15, 0.2) is 17.4 Å². The Hall–Kier alpha value is -3.78. The molecule has 30 heavy (non-hydrogen) atoms. The molecule has 0 saturated carbocycles. The van der Waals surface area contributed by atoms with Crippen molar-refractivity contribution in [2.24, 2.45) is 5.73 Å². The smallest absolute Gasteiger partial charge is 0.176 e. The molecule has 0 amide bonds. The molecule has 2 aromatic heterocycles. The molecule has 4 N–H and O–H groups in total. The molecule has 2 heterocycles. The largest absolute Gasteiger partial charge is 0.482 e. The zero-order chi connectivity index (χ0) is 21.3. The van der Waals surface area contributed by atoms with Crippen molar-refractivity contribution in [1.29, 1.82) is 0 Å². The Morgan fingerprint density at radius 1 is 1.23 bits per heavy atom. The van der Waals surface area contributed by atoms with E-state index in [9.17, 15) is 9.18 Å². The fourth-order valence-electron chi connectivity index (χ4n) is 3.28. The quantitative estimate of drug-likeness (QED) is 0.476. The van der Waals surface area contributed by atoms with Crippen molar-refractivity contribution in [2.45, 2.75) is 13.0 Å². The van der Waals surface area contributed by atoms with Gasteiger partial charge in [0.2, 0.25) is 0 Å². The third-order valence-electron chi connectivity index (χ3n) is 4.80. The van der Waals surface area contributed by atoms with Crippen molar-refractivity contribution >= 4 is 22.5 Å².